The molecule has 1 aliphatic rings. The number of carbonyl (C=O) groups is 1. The average Bonchev–Trinajstić information content (AvgIpc) is 3.03. The summed E-state index contributed by atoms with van der Waals surface area (Å²) in [6.07, 6.45) is 6.75. The van der Waals surface area contributed by atoms with Gasteiger partial charge in [-0.3, -0.25) is 9.78 Å². The van der Waals surface area contributed by atoms with Gasteiger partial charge in [0.25, 0.3) is 0 Å². The van der Waals surface area contributed by atoms with Crippen molar-refractivity contribution in [2.24, 2.45) is 0 Å². The zero-order valence-corrected chi connectivity index (χ0v) is 13.8. The molecule has 23 heavy (non-hydrogen) atoms. The number of hydrogen-bond donors (Lipinski definition) is 2. The Balaban J connectivity index is 1.53. The van der Waals surface area contributed by atoms with Crippen molar-refractivity contribution in [1.29, 1.82) is 0 Å². The molecule has 0 radical (unpaired) electrons. The van der Waals surface area contributed by atoms with Gasteiger partial charge in [-0.2, -0.15) is 0 Å². The van der Waals surface area contributed by atoms with Gasteiger partial charge in [-0.05, 0) is 25.0 Å². The molecular weight excluding hydrogens is 310 g/mol. The van der Waals surface area contributed by atoms with Crippen LogP contribution in [0.5, 0.6) is 0 Å². The lowest BCUT2D eigenvalue weighted by molar-refractivity contribution is -0.122. The molecule has 1 saturated carbocycles. The first kappa shape index (κ1) is 16.1. The number of nitrogens with one attached hydrogen (secondary N) is 1. The van der Waals surface area contributed by atoms with E-state index in [9.17, 15) is 9.90 Å². The van der Waals surface area contributed by atoms with E-state index in [0.717, 1.165) is 42.1 Å². The monoisotopic (exact) mass is 331 g/mol. The molecule has 2 aromatic rings. The van der Waals surface area contributed by atoms with Gasteiger partial charge < -0.3 is 10.4 Å². The summed E-state index contributed by atoms with van der Waals surface area (Å²) in [5.41, 5.74) is 0.833. The molecule has 3 rings (SSSR count). The van der Waals surface area contributed by atoms with Crippen molar-refractivity contribution >= 4 is 17.2 Å². The molecule has 2 N–H and O–H groups in total. The quantitative estimate of drug-likeness (QED) is 0.883. The Kier molecular flexibility index (Phi) is 5.03. The fraction of sp³-hybridized carbons (Fsp3) is 0.471. The van der Waals surface area contributed by atoms with Crippen LogP contribution in [0.1, 0.15) is 37.8 Å². The third-order valence-corrected chi connectivity index (χ3v) is 5.09. The van der Waals surface area contributed by atoms with Crippen LogP contribution in [0.25, 0.3) is 10.7 Å². The Labute approximate surface area is 139 Å². The van der Waals surface area contributed by atoms with Crippen LogP contribution in [0, 0.1) is 0 Å². The lowest BCUT2D eigenvalue weighted by atomic mass is 9.85. The second-order valence-electron chi connectivity index (χ2n) is 6.10. The highest BCUT2D eigenvalue weighted by molar-refractivity contribution is 7.13. The number of thiazole rings is 1. The van der Waals surface area contributed by atoms with E-state index in [1.807, 2.05) is 23.6 Å². The van der Waals surface area contributed by atoms with Gasteiger partial charge in [0.2, 0.25) is 5.91 Å². The van der Waals surface area contributed by atoms with Crippen molar-refractivity contribution in [3.05, 3.63) is 35.5 Å². The van der Waals surface area contributed by atoms with Crippen LogP contribution in [-0.2, 0) is 11.2 Å². The summed E-state index contributed by atoms with van der Waals surface area (Å²) in [7, 11) is 0. The number of hydrogen-bond acceptors (Lipinski definition) is 5. The van der Waals surface area contributed by atoms with Crippen molar-refractivity contribution in [2.75, 3.05) is 6.54 Å². The zero-order valence-electron chi connectivity index (χ0n) is 13.0. The summed E-state index contributed by atoms with van der Waals surface area (Å²) in [5.74, 6) is -0.0955. The predicted molar refractivity (Wildman–Crippen MR) is 90.1 cm³/mol. The SMILES string of the molecule is O=C(Cc1csc(-c2ccccn2)n1)NCC1(O)CCCCC1. The fourth-order valence-corrected chi connectivity index (χ4v) is 3.67. The van der Waals surface area contributed by atoms with Crippen molar-refractivity contribution in [3.8, 4) is 10.7 Å². The summed E-state index contributed by atoms with van der Waals surface area (Å²) in [6, 6.07) is 5.68. The lowest BCUT2D eigenvalue weighted by Crippen LogP contribution is -2.44. The van der Waals surface area contributed by atoms with E-state index < -0.39 is 5.60 Å². The van der Waals surface area contributed by atoms with Crippen molar-refractivity contribution in [1.82, 2.24) is 15.3 Å². The van der Waals surface area contributed by atoms with E-state index in [0.29, 0.717) is 6.54 Å². The van der Waals surface area contributed by atoms with Crippen LogP contribution < -0.4 is 5.32 Å². The molecule has 1 amide bonds. The van der Waals surface area contributed by atoms with Crippen LogP contribution in [0.15, 0.2) is 29.8 Å². The van der Waals surface area contributed by atoms with Crippen molar-refractivity contribution in [3.63, 3.8) is 0 Å². The summed E-state index contributed by atoms with van der Waals surface area (Å²) < 4.78 is 0. The molecule has 0 spiro atoms. The first-order valence-electron chi connectivity index (χ1n) is 8.00. The van der Waals surface area contributed by atoms with E-state index in [-0.39, 0.29) is 12.3 Å². The van der Waals surface area contributed by atoms with Gasteiger partial charge in [0.05, 0.1) is 23.4 Å². The summed E-state index contributed by atoms with van der Waals surface area (Å²) >= 11 is 1.49. The molecule has 1 aliphatic carbocycles. The molecule has 6 heteroatoms. The molecule has 0 saturated heterocycles. The standard InChI is InChI=1S/C17H21N3O2S/c21-15(19-12-17(22)7-3-1-4-8-17)10-13-11-23-16(20-13)14-6-2-5-9-18-14/h2,5-6,9,11,22H,1,3-4,7-8,10,12H2,(H,19,21). The Bertz CT molecular complexity index is 651. The minimum absolute atomic E-state index is 0.0955. The van der Waals surface area contributed by atoms with Crippen LogP contribution >= 0.6 is 11.3 Å². The predicted octanol–water partition coefficient (Wildman–Crippen LogP) is 2.56. The van der Waals surface area contributed by atoms with Gasteiger partial charge in [-0.25, -0.2) is 4.98 Å². The van der Waals surface area contributed by atoms with Crippen LogP contribution in [0.3, 0.4) is 0 Å². The number of aromatic nitrogens is 2. The van der Waals surface area contributed by atoms with Gasteiger partial charge in [0.15, 0.2) is 0 Å². The number of aliphatic hydroxyl groups is 1. The van der Waals surface area contributed by atoms with Crippen LogP contribution in [0.4, 0.5) is 0 Å². The van der Waals surface area contributed by atoms with Gasteiger partial charge in [-0.15, -0.1) is 11.3 Å². The highest BCUT2D eigenvalue weighted by atomic mass is 32.1. The molecular formula is C17H21N3O2S. The minimum Gasteiger partial charge on any atom is -0.388 e. The van der Waals surface area contributed by atoms with E-state index in [1.54, 1.807) is 6.20 Å². The summed E-state index contributed by atoms with van der Waals surface area (Å²) in [5, 5.41) is 16.0. The Hall–Kier alpha value is -1.79. The van der Waals surface area contributed by atoms with Gasteiger partial charge in [-0.1, -0.05) is 25.3 Å². The molecule has 0 unspecified atom stereocenters. The van der Waals surface area contributed by atoms with E-state index in [4.69, 9.17) is 0 Å². The molecule has 0 aliphatic heterocycles. The second-order valence-corrected chi connectivity index (χ2v) is 6.96. The topological polar surface area (TPSA) is 75.1 Å². The molecule has 0 atom stereocenters. The second kappa shape index (κ2) is 7.19. The van der Waals surface area contributed by atoms with Crippen molar-refractivity contribution < 1.29 is 9.90 Å². The van der Waals surface area contributed by atoms with Crippen LogP contribution in [0.2, 0.25) is 0 Å². The minimum atomic E-state index is -0.727. The molecule has 1 fully saturated rings. The van der Waals surface area contributed by atoms with E-state index >= 15 is 0 Å². The van der Waals surface area contributed by atoms with Gasteiger partial charge in [0.1, 0.15) is 5.01 Å². The maximum Gasteiger partial charge on any atom is 0.226 e. The third kappa shape index (κ3) is 4.36. The number of rotatable bonds is 5. The molecule has 2 heterocycles. The normalized spacial score (nSPS) is 16.9. The highest BCUT2D eigenvalue weighted by Gasteiger charge is 2.29. The Morgan fingerprint density at radius 1 is 1.30 bits per heavy atom. The van der Waals surface area contributed by atoms with Crippen LogP contribution in [-0.4, -0.2) is 33.1 Å². The molecule has 2 aromatic heterocycles. The van der Waals surface area contributed by atoms with E-state index in [1.165, 1.54) is 17.8 Å². The number of carbonyl (C=O) groups excluding carboxylic acids is 1. The number of pyridine rings is 1. The molecule has 0 bridgehead atoms. The highest BCUT2D eigenvalue weighted by Crippen LogP contribution is 2.27. The number of nitrogens with zero attached hydrogens (tertiary/aromatic N) is 2. The Morgan fingerprint density at radius 2 is 2.13 bits per heavy atom. The third-order valence-electron chi connectivity index (χ3n) is 4.18. The lowest BCUT2D eigenvalue weighted by Gasteiger charge is -2.32. The Morgan fingerprint density at radius 3 is 2.87 bits per heavy atom. The molecule has 0 aromatic carbocycles. The van der Waals surface area contributed by atoms with Gasteiger partial charge in [0, 0.05) is 18.1 Å². The van der Waals surface area contributed by atoms with Gasteiger partial charge >= 0.3 is 0 Å². The van der Waals surface area contributed by atoms with Crippen molar-refractivity contribution in [2.45, 2.75) is 44.1 Å². The largest absolute Gasteiger partial charge is 0.388 e. The zero-order chi connectivity index (χ0) is 16.1. The maximum absolute atomic E-state index is 12.1. The number of amides is 1. The summed E-state index contributed by atoms with van der Waals surface area (Å²) in [4.78, 5) is 20.8. The first-order chi connectivity index (χ1) is 11.1. The summed E-state index contributed by atoms with van der Waals surface area (Å²) in [6.45, 7) is 0.336. The fourth-order valence-electron chi connectivity index (χ4n) is 2.87. The molecule has 5 nitrogen and oxygen atoms in total. The van der Waals surface area contributed by atoms with E-state index in [2.05, 4.69) is 15.3 Å². The average molecular weight is 331 g/mol. The maximum atomic E-state index is 12.1. The smallest absolute Gasteiger partial charge is 0.226 e. The molecule has 122 valence electrons. The first-order valence-corrected chi connectivity index (χ1v) is 8.87.